The van der Waals surface area contributed by atoms with E-state index in [1.54, 1.807) is 5.57 Å². The smallest absolute Gasteiger partial charge is 0.0434 e. The number of thiophene rings is 2. The number of rotatable bonds is 4. The molecule has 0 N–H and O–H groups in total. The van der Waals surface area contributed by atoms with Crippen LogP contribution >= 0.6 is 22.7 Å². The van der Waals surface area contributed by atoms with Gasteiger partial charge in [0.1, 0.15) is 0 Å². The Morgan fingerprint density at radius 1 is 0.844 bits per heavy atom. The molecule has 0 aliphatic heterocycles. The van der Waals surface area contributed by atoms with Gasteiger partial charge in [-0.05, 0) is 60.8 Å². The molecule has 32 heavy (non-hydrogen) atoms. The van der Waals surface area contributed by atoms with E-state index in [0.29, 0.717) is 5.92 Å². The molecule has 2 aromatic heterocycles. The van der Waals surface area contributed by atoms with Gasteiger partial charge in [-0.3, -0.25) is 0 Å². The summed E-state index contributed by atoms with van der Waals surface area (Å²) in [7, 11) is 0. The van der Waals surface area contributed by atoms with Crippen molar-refractivity contribution in [3.05, 3.63) is 68.5 Å². The van der Waals surface area contributed by atoms with Crippen molar-refractivity contribution >= 4 is 54.0 Å². The van der Waals surface area contributed by atoms with Crippen LogP contribution in [0, 0.1) is 5.92 Å². The summed E-state index contributed by atoms with van der Waals surface area (Å²) in [6.07, 6.45) is 12.7. The summed E-state index contributed by atoms with van der Waals surface area (Å²) in [6.45, 7) is 16.2. The van der Waals surface area contributed by atoms with E-state index in [-0.39, 0.29) is 5.41 Å². The molecule has 0 bridgehead atoms. The maximum atomic E-state index is 2.52. The Hall–Kier alpha value is -1.90. The average molecular weight is 459 g/mol. The van der Waals surface area contributed by atoms with Crippen molar-refractivity contribution in [2.45, 2.75) is 73.1 Å². The number of fused-ring (bicyclic) bond motifs is 2. The third kappa shape index (κ3) is 3.56. The van der Waals surface area contributed by atoms with Crippen molar-refractivity contribution in [3.63, 3.8) is 0 Å². The second-order valence-electron chi connectivity index (χ2n) is 10.8. The molecule has 5 rings (SSSR count). The normalized spacial score (nSPS) is 16.9. The van der Waals surface area contributed by atoms with Crippen LogP contribution < -0.4 is 0 Å². The molecule has 2 heteroatoms. The zero-order chi connectivity index (χ0) is 22.8. The predicted molar refractivity (Wildman–Crippen MR) is 147 cm³/mol. The van der Waals surface area contributed by atoms with Gasteiger partial charge in [-0.25, -0.2) is 0 Å². The third-order valence-corrected chi connectivity index (χ3v) is 9.79. The molecule has 0 atom stereocenters. The van der Waals surface area contributed by atoms with Gasteiger partial charge in [-0.1, -0.05) is 77.0 Å². The standard InChI is InChI=1S/C30H34S2/c1-8-22-15-23-26(20-10-9-18(4)13-20)29-24(16-25(32-29)30(5,6)7)27(28(23)31-22)21-12-11-19(14-21)17(2)3/h9-12,15-17H,8,13-14H2,1-7H3. The largest absolute Gasteiger partial charge is 0.140 e. The molecular weight excluding hydrogens is 424 g/mol. The van der Waals surface area contributed by atoms with E-state index in [1.807, 2.05) is 22.7 Å². The van der Waals surface area contributed by atoms with Crippen molar-refractivity contribution < 1.29 is 0 Å². The summed E-state index contributed by atoms with van der Waals surface area (Å²) >= 11 is 4.05. The second-order valence-corrected chi connectivity index (χ2v) is 13.0. The van der Waals surface area contributed by atoms with Gasteiger partial charge in [0.2, 0.25) is 0 Å². The first kappa shape index (κ1) is 21.9. The van der Waals surface area contributed by atoms with Crippen LogP contribution in [-0.2, 0) is 11.8 Å². The maximum Gasteiger partial charge on any atom is 0.0434 e. The van der Waals surface area contributed by atoms with Crippen LogP contribution in [0.4, 0.5) is 0 Å². The van der Waals surface area contributed by atoms with Crippen LogP contribution in [0.15, 0.2) is 47.6 Å². The van der Waals surface area contributed by atoms with Gasteiger partial charge in [-0.2, -0.15) is 0 Å². The molecule has 0 nitrogen and oxygen atoms in total. The minimum Gasteiger partial charge on any atom is -0.140 e. The van der Waals surface area contributed by atoms with Crippen LogP contribution in [0.1, 0.15) is 82.2 Å². The fraction of sp³-hybridized carbons (Fsp3) is 0.400. The van der Waals surface area contributed by atoms with Gasteiger partial charge in [0.15, 0.2) is 0 Å². The summed E-state index contributed by atoms with van der Waals surface area (Å²) in [5.74, 6) is 0.605. The lowest BCUT2D eigenvalue weighted by atomic mass is 9.89. The highest BCUT2D eigenvalue weighted by molar-refractivity contribution is 7.21. The highest BCUT2D eigenvalue weighted by Crippen LogP contribution is 2.51. The van der Waals surface area contributed by atoms with E-state index >= 15 is 0 Å². The average Bonchev–Trinajstić information content (AvgIpc) is 3.50. The molecule has 2 aliphatic carbocycles. The van der Waals surface area contributed by atoms with Gasteiger partial charge in [-0.15, -0.1) is 22.7 Å². The van der Waals surface area contributed by atoms with Crippen molar-refractivity contribution in [2.24, 2.45) is 5.92 Å². The van der Waals surface area contributed by atoms with E-state index in [2.05, 4.69) is 84.9 Å². The minimum atomic E-state index is 0.157. The van der Waals surface area contributed by atoms with E-state index in [9.17, 15) is 0 Å². The Bertz CT molecular complexity index is 1350. The number of aryl methyl sites for hydroxylation is 1. The molecule has 0 spiro atoms. The summed E-state index contributed by atoms with van der Waals surface area (Å²) < 4.78 is 2.99. The van der Waals surface area contributed by atoms with Crippen molar-refractivity contribution in [2.75, 3.05) is 0 Å². The Morgan fingerprint density at radius 3 is 2.03 bits per heavy atom. The highest BCUT2D eigenvalue weighted by Gasteiger charge is 2.27. The van der Waals surface area contributed by atoms with Gasteiger partial charge in [0, 0.05) is 41.1 Å². The van der Waals surface area contributed by atoms with Gasteiger partial charge in [0.25, 0.3) is 0 Å². The van der Waals surface area contributed by atoms with Crippen LogP contribution in [0.25, 0.3) is 31.3 Å². The molecule has 0 unspecified atom stereocenters. The lowest BCUT2D eigenvalue weighted by Crippen LogP contribution is -2.07. The molecular formula is C30H34S2. The Labute approximate surface area is 201 Å². The van der Waals surface area contributed by atoms with Crippen LogP contribution in [0.5, 0.6) is 0 Å². The molecule has 0 radical (unpaired) electrons. The summed E-state index contributed by atoms with van der Waals surface area (Å²) in [4.78, 5) is 2.98. The fourth-order valence-corrected chi connectivity index (χ4v) is 7.46. The molecule has 0 saturated carbocycles. The monoisotopic (exact) mass is 458 g/mol. The topological polar surface area (TPSA) is 0 Å². The zero-order valence-corrected chi connectivity index (χ0v) is 22.1. The van der Waals surface area contributed by atoms with E-state index in [1.165, 1.54) is 57.8 Å². The SMILES string of the molecule is CCc1cc2c(C3=CC=C(C)C3)c3sc(C(C)(C)C)cc3c(C3=CC=C(C(C)C)C3)c2s1. The summed E-state index contributed by atoms with van der Waals surface area (Å²) in [5, 5.41) is 2.95. The van der Waals surface area contributed by atoms with Crippen molar-refractivity contribution in [3.8, 4) is 0 Å². The molecule has 1 aromatic carbocycles. The first-order valence-electron chi connectivity index (χ1n) is 12.0. The number of hydrogen-bond donors (Lipinski definition) is 0. The third-order valence-electron chi connectivity index (χ3n) is 6.91. The lowest BCUT2D eigenvalue weighted by Gasteiger charge is -2.15. The van der Waals surface area contributed by atoms with Crippen molar-refractivity contribution in [1.29, 1.82) is 0 Å². The first-order valence-corrected chi connectivity index (χ1v) is 13.6. The second kappa shape index (κ2) is 7.85. The van der Waals surface area contributed by atoms with Crippen LogP contribution in [0.3, 0.4) is 0 Å². The minimum absolute atomic E-state index is 0.157. The Balaban J connectivity index is 1.84. The zero-order valence-electron chi connectivity index (χ0n) is 20.5. The quantitative estimate of drug-likeness (QED) is 0.365. The summed E-state index contributed by atoms with van der Waals surface area (Å²) in [6, 6.07) is 5.02. The summed E-state index contributed by atoms with van der Waals surface area (Å²) in [5.41, 5.74) is 9.19. The Morgan fingerprint density at radius 2 is 1.47 bits per heavy atom. The van der Waals surface area contributed by atoms with Crippen LogP contribution in [0.2, 0.25) is 0 Å². The molecule has 0 saturated heterocycles. The van der Waals surface area contributed by atoms with Gasteiger partial charge < -0.3 is 0 Å². The fourth-order valence-electron chi connectivity index (χ4n) is 4.95. The Kier molecular flexibility index (Phi) is 5.38. The molecule has 166 valence electrons. The first-order chi connectivity index (χ1) is 15.2. The molecule has 0 fully saturated rings. The molecule has 2 aliphatic rings. The highest BCUT2D eigenvalue weighted by atomic mass is 32.1. The number of allylic oxidation sites excluding steroid dienone is 8. The van der Waals surface area contributed by atoms with E-state index in [4.69, 9.17) is 0 Å². The predicted octanol–water partition coefficient (Wildman–Crippen LogP) is 10.1. The maximum absolute atomic E-state index is 2.52. The molecule has 0 amide bonds. The lowest BCUT2D eigenvalue weighted by molar-refractivity contribution is 0.604. The number of benzene rings is 1. The molecule has 3 aromatic rings. The molecule has 2 heterocycles. The van der Waals surface area contributed by atoms with E-state index in [0.717, 1.165) is 19.3 Å². The number of hydrogen-bond acceptors (Lipinski definition) is 2. The van der Waals surface area contributed by atoms with Gasteiger partial charge in [0.05, 0.1) is 0 Å². The van der Waals surface area contributed by atoms with Crippen LogP contribution in [-0.4, -0.2) is 0 Å². The van der Waals surface area contributed by atoms with Crippen molar-refractivity contribution in [1.82, 2.24) is 0 Å². The van der Waals surface area contributed by atoms with E-state index < -0.39 is 0 Å². The van der Waals surface area contributed by atoms with Gasteiger partial charge >= 0.3 is 0 Å².